The van der Waals surface area contributed by atoms with Crippen molar-refractivity contribution in [1.29, 1.82) is 0 Å². The first-order chi connectivity index (χ1) is 7.96. The molecule has 0 saturated carbocycles. The SMILES string of the molecule is FC(F)(F)C(F)(F)C#CC(F)(F)C(F)(F)C(F)(F)F. The molecule has 0 aliphatic heterocycles. The third kappa shape index (κ3) is 3.38. The summed E-state index contributed by atoms with van der Waals surface area (Å²) in [5, 5.41) is 0. The fourth-order valence-electron chi connectivity index (χ4n) is 0.484. The van der Waals surface area contributed by atoms with Gasteiger partial charge in [0.25, 0.3) is 0 Å². The van der Waals surface area contributed by atoms with Crippen LogP contribution in [-0.2, 0) is 0 Å². The maximum absolute atomic E-state index is 12.3. The van der Waals surface area contributed by atoms with Gasteiger partial charge >= 0.3 is 30.1 Å². The minimum Gasteiger partial charge on any atom is -0.188 e. The lowest BCUT2D eigenvalue weighted by Crippen LogP contribution is -2.51. The predicted octanol–water partition coefficient (Wildman–Crippen LogP) is 4.02. The fraction of sp³-hybridized carbons (Fsp3) is 0.714. The molecule has 0 saturated heterocycles. The Bertz CT molecular complexity index is 385. The van der Waals surface area contributed by atoms with E-state index in [0.717, 1.165) is 0 Å². The lowest BCUT2D eigenvalue weighted by molar-refractivity contribution is -0.339. The summed E-state index contributed by atoms with van der Waals surface area (Å²) in [5.41, 5.74) is 0. The zero-order valence-electron chi connectivity index (χ0n) is 8.04. The van der Waals surface area contributed by atoms with E-state index in [2.05, 4.69) is 0 Å². The number of hydrogen-bond acceptors (Lipinski definition) is 0. The second-order valence-electron chi connectivity index (χ2n) is 2.97. The molecule has 0 N–H and O–H groups in total. The van der Waals surface area contributed by atoms with Gasteiger partial charge in [0.1, 0.15) is 0 Å². The van der Waals surface area contributed by atoms with E-state index in [1.165, 1.54) is 0 Å². The van der Waals surface area contributed by atoms with Crippen molar-refractivity contribution in [2.45, 2.75) is 30.1 Å². The number of rotatable bonds is 1. The molecule has 0 nitrogen and oxygen atoms in total. The van der Waals surface area contributed by atoms with Crippen LogP contribution in [0, 0.1) is 11.8 Å². The third-order valence-corrected chi connectivity index (χ3v) is 1.48. The van der Waals surface area contributed by atoms with Crippen molar-refractivity contribution in [2.24, 2.45) is 0 Å². The van der Waals surface area contributed by atoms with Crippen LogP contribution in [0.5, 0.6) is 0 Å². The predicted molar refractivity (Wildman–Crippen MR) is 34.7 cm³/mol. The summed E-state index contributed by atoms with van der Waals surface area (Å²) in [5.74, 6) is -20.8. The second-order valence-corrected chi connectivity index (χ2v) is 2.97. The first-order valence-corrected chi connectivity index (χ1v) is 3.77. The molecule has 0 aromatic rings. The average molecular weight is 312 g/mol. The van der Waals surface area contributed by atoms with Gasteiger partial charge in [0.2, 0.25) is 0 Å². The van der Waals surface area contributed by atoms with E-state index in [-0.39, 0.29) is 0 Å². The molecule has 0 rings (SSSR count). The summed E-state index contributed by atoms with van der Waals surface area (Å²) >= 11 is 0. The van der Waals surface area contributed by atoms with E-state index in [4.69, 9.17) is 0 Å². The van der Waals surface area contributed by atoms with Crippen molar-refractivity contribution in [3.05, 3.63) is 0 Å². The van der Waals surface area contributed by atoms with Crippen LogP contribution in [0.4, 0.5) is 52.7 Å². The largest absolute Gasteiger partial charge is 0.466 e. The van der Waals surface area contributed by atoms with Crippen LogP contribution in [0.3, 0.4) is 0 Å². The highest BCUT2D eigenvalue weighted by atomic mass is 19.4. The fourth-order valence-corrected chi connectivity index (χ4v) is 0.484. The Labute approximate surface area is 95.9 Å². The molecule has 12 heteroatoms. The van der Waals surface area contributed by atoms with E-state index in [9.17, 15) is 52.7 Å². The van der Waals surface area contributed by atoms with Crippen molar-refractivity contribution in [3.8, 4) is 11.8 Å². The van der Waals surface area contributed by atoms with Gasteiger partial charge in [0, 0.05) is 0 Å². The van der Waals surface area contributed by atoms with Crippen LogP contribution in [0.1, 0.15) is 0 Å². The normalized spacial score (nSPS) is 14.9. The van der Waals surface area contributed by atoms with E-state index in [1.54, 1.807) is 0 Å². The van der Waals surface area contributed by atoms with Gasteiger partial charge in [0.15, 0.2) is 0 Å². The van der Waals surface area contributed by atoms with Gasteiger partial charge in [-0.25, -0.2) is 0 Å². The van der Waals surface area contributed by atoms with Crippen LogP contribution in [-0.4, -0.2) is 30.1 Å². The van der Waals surface area contributed by atoms with Gasteiger partial charge in [-0.2, -0.15) is 52.7 Å². The van der Waals surface area contributed by atoms with E-state index < -0.39 is 42.0 Å². The molecule has 0 unspecified atom stereocenters. The molecule has 0 spiro atoms. The lowest BCUT2D eigenvalue weighted by Gasteiger charge is -2.24. The van der Waals surface area contributed by atoms with Gasteiger partial charge in [-0.15, -0.1) is 0 Å². The summed E-state index contributed by atoms with van der Waals surface area (Å²) < 4.78 is 141. The van der Waals surface area contributed by atoms with Gasteiger partial charge in [-0.3, -0.25) is 0 Å². The minimum absolute atomic E-state index is 0.621. The summed E-state index contributed by atoms with van der Waals surface area (Å²) in [4.78, 5) is 0. The maximum atomic E-state index is 12.3. The van der Waals surface area contributed by atoms with Crippen molar-refractivity contribution in [3.63, 3.8) is 0 Å². The topological polar surface area (TPSA) is 0 Å². The molecule has 0 aliphatic rings. The van der Waals surface area contributed by atoms with Gasteiger partial charge in [0.05, 0.1) is 0 Å². The Hall–Kier alpha value is -1.28. The Morgan fingerprint density at radius 1 is 0.421 bits per heavy atom. The van der Waals surface area contributed by atoms with Gasteiger partial charge < -0.3 is 0 Å². The molecule has 0 bridgehead atoms. The Kier molecular flexibility index (Phi) is 4.08. The highest BCUT2D eigenvalue weighted by Gasteiger charge is 2.73. The van der Waals surface area contributed by atoms with E-state index in [0.29, 0.717) is 0 Å². The molecule has 0 aromatic heterocycles. The molecule has 112 valence electrons. The second kappa shape index (κ2) is 4.38. The average Bonchev–Trinajstić information content (AvgIpc) is 2.11. The van der Waals surface area contributed by atoms with Gasteiger partial charge in [-0.05, 0) is 11.8 Å². The molecule has 0 radical (unpaired) electrons. The van der Waals surface area contributed by atoms with Crippen LogP contribution in [0.15, 0.2) is 0 Å². The molecular formula is C7F12. The molecular weight excluding hydrogens is 312 g/mol. The van der Waals surface area contributed by atoms with Gasteiger partial charge in [-0.1, -0.05) is 0 Å². The van der Waals surface area contributed by atoms with Crippen molar-refractivity contribution >= 4 is 0 Å². The van der Waals surface area contributed by atoms with Crippen molar-refractivity contribution in [2.75, 3.05) is 0 Å². The molecule has 0 atom stereocenters. The first-order valence-electron chi connectivity index (χ1n) is 3.77. The number of hydrogen-bond donors (Lipinski definition) is 0. The van der Waals surface area contributed by atoms with Crippen molar-refractivity contribution in [1.82, 2.24) is 0 Å². The highest BCUT2D eigenvalue weighted by molar-refractivity contribution is 5.22. The highest BCUT2D eigenvalue weighted by Crippen LogP contribution is 2.46. The molecule has 0 aromatic carbocycles. The molecule has 0 amide bonds. The lowest BCUT2D eigenvalue weighted by atomic mass is 10.1. The Balaban J connectivity index is 5.55. The van der Waals surface area contributed by atoms with Crippen LogP contribution in [0.25, 0.3) is 0 Å². The summed E-state index contributed by atoms with van der Waals surface area (Å²) in [6.07, 6.45) is -13.4. The minimum atomic E-state index is -6.88. The van der Waals surface area contributed by atoms with E-state index >= 15 is 0 Å². The number of alkyl halides is 12. The quantitative estimate of drug-likeness (QED) is 0.507. The molecule has 19 heavy (non-hydrogen) atoms. The van der Waals surface area contributed by atoms with Crippen LogP contribution >= 0.6 is 0 Å². The number of halogens is 12. The monoisotopic (exact) mass is 312 g/mol. The van der Waals surface area contributed by atoms with Crippen LogP contribution < -0.4 is 0 Å². The Morgan fingerprint density at radius 3 is 1.00 bits per heavy atom. The molecule has 0 aliphatic carbocycles. The Morgan fingerprint density at radius 2 is 0.737 bits per heavy atom. The third-order valence-electron chi connectivity index (χ3n) is 1.48. The van der Waals surface area contributed by atoms with Crippen molar-refractivity contribution < 1.29 is 52.7 Å². The summed E-state index contributed by atoms with van der Waals surface area (Å²) in [6, 6.07) is 0. The van der Waals surface area contributed by atoms with Crippen LogP contribution in [0.2, 0.25) is 0 Å². The van der Waals surface area contributed by atoms with E-state index in [1.807, 2.05) is 0 Å². The molecule has 0 heterocycles. The zero-order chi connectivity index (χ0) is 15.9. The standard InChI is InChI=1S/C7F12/c8-3(9,5(12,13)7(17,18)19)1-2-4(10,11)6(14,15)16. The molecule has 0 fully saturated rings. The summed E-state index contributed by atoms with van der Waals surface area (Å²) in [7, 11) is 0. The zero-order valence-corrected chi connectivity index (χ0v) is 8.04. The smallest absolute Gasteiger partial charge is 0.188 e. The summed E-state index contributed by atoms with van der Waals surface area (Å²) in [6.45, 7) is 0. The first kappa shape index (κ1) is 17.7. The maximum Gasteiger partial charge on any atom is 0.466 e.